The van der Waals surface area contributed by atoms with Gasteiger partial charge in [0.25, 0.3) is 0 Å². The van der Waals surface area contributed by atoms with Crippen LogP contribution in [0.4, 0.5) is 5.13 Å². The summed E-state index contributed by atoms with van der Waals surface area (Å²) in [7, 11) is 0. The summed E-state index contributed by atoms with van der Waals surface area (Å²) in [5.74, 6) is 0.0358. The SMILES string of the molecule is CC(=O)C(NC(=O)CN1CCN(c2nc3ccccc3s2)CC1)C(C)C. The maximum atomic E-state index is 12.3. The van der Waals surface area contributed by atoms with E-state index in [0.717, 1.165) is 36.8 Å². The van der Waals surface area contributed by atoms with Gasteiger partial charge in [-0.05, 0) is 25.0 Å². The van der Waals surface area contributed by atoms with E-state index in [2.05, 4.69) is 21.2 Å². The zero-order valence-electron chi connectivity index (χ0n) is 15.6. The van der Waals surface area contributed by atoms with Gasteiger partial charge in [0, 0.05) is 26.2 Å². The summed E-state index contributed by atoms with van der Waals surface area (Å²) in [6.45, 7) is 9.10. The number of nitrogens with zero attached hydrogens (tertiary/aromatic N) is 3. The molecule has 0 bridgehead atoms. The summed E-state index contributed by atoms with van der Waals surface area (Å²) in [5, 5.41) is 3.92. The minimum atomic E-state index is -0.397. The summed E-state index contributed by atoms with van der Waals surface area (Å²) >= 11 is 1.71. The highest BCUT2D eigenvalue weighted by Gasteiger charge is 2.24. The second-order valence-corrected chi connectivity index (χ2v) is 8.14. The first-order valence-corrected chi connectivity index (χ1v) is 9.88. The third kappa shape index (κ3) is 4.40. The molecular formula is C19H26N4O2S. The quantitative estimate of drug-likeness (QED) is 0.839. The van der Waals surface area contributed by atoms with Crippen molar-refractivity contribution in [3.8, 4) is 0 Å². The van der Waals surface area contributed by atoms with E-state index >= 15 is 0 Å². The van der Waals surface area contributed by atoms with Gasteiger partial charge in [0.1, 0.15) is 0 Å². The van der Waals surface area contributed by atoms with Gasteiger partial charge in [-0.25, -0.2) is 4.98 Å². The molecule has 1 N–H and O–H groups in total. The first kappa shape index (κ1) is 18.8. The van der Waals surface area contributed by atoms with E-state index in [-0.39, 0.29) is 17.6 Å². The molecule has 0 saturated carbocycles. The molecule has 2 heterocycles. The lowest BCUT2D eigenvalue weighted by molar-refractivity contribution is -0.128. The van der Waals surface area contributed by atoms with Gasteiger partial charge in [0.15, 0.2) is 10.9 Å². The number of anilines is 1. The fourth-order valence-electron chi connectivity index (χ4n) is 3.25. The maximum absolute atomic E-state index is 12.3. The zero-order chi connectivity index (χ0) is 18.7. The number of aromatic nitrogens is 1. The van der Waals surface area contributed by atoms with Crippen molar-refractivity contribution in [3.63, 3.8) is 0 Å². The maximum Gasteiger partial charge on any atom is 0.234 e. The van der Waals surface area contributed by atoms with E-state index in [1.807, 2.05) is 32.0 Å². The smallest absolute Gasteiger partial charge is 0.234 e. The molecule has 1 unspecified atom stereocenters. The van der Waals surface area contributed by atoms with E-state index < -0.39 is 6.04 Å². The molecule has 0 aliphatic carbocycles. The Morgan fingerprint density at radius 1 is 1.19 bits per heavy atom. The van der Waals surface area contributed by atoms with Crippen LogP contribution in [0.5, 0.6) is 0 Å². The van der Waals surface area contributed by atoms with Crippen LogP contribution in [0, 0.1) is 5.92 Å². The van der Waals surface area contributed by atoms with Gasteiger partial charge in [-0.1, -0.05) is 37.3 Å². The summed E-state index contributed by atoms with van der Waals surface area (Å²) in [6, 6.07) is 7.78. The van der Waals surface area contributed by atoms with Gasteiger partial charge >= 0.3 is 0 Å². The lowest BCUT2D eigenvalue weighted by Gasteiger charge is -2.34. The third-order valence-electron chi connectivity index (χ3n) is 4.71. The van der Waals surface area contributed by atoms with E-state index in [0.29, 0.717) is 6.54 Å². The fraction of sp³-hybridized carbons (Fsp3) is 0.526. The number of carbonyl (C=O) groups excluding carboxylic acids is 2. The van der Waals surface area contributed by atoms with Crippen LogP contribution in [0.2, 0.25) is 0 Å². The lowest BCUT2D eigenvalue weighted by atomic mass is 10.0. The molecule has 0 spiro atoms. The highest BCUT2D eigenvalue weighted by atomic mass is 32.1. The Bertz CT molecular complexity index is 748. The molecular weight excluding hydrogens is 348 g/mol. The summed E-state index contributed by atoms with van der Waals surface area (Å²) in [5.41, 5.74) is 1.04. The van der Waals surface area contributed by atoms with Gasteiger partial charge in [-0.15, -0.1) is 0 Å². The van der Waals surface area contributed by atoms with Crippen molar-refractivity contribution < 1.29 is 9.59 Å². The molecule has 3 rings (SSSR count). The Balaban J connectivity index is 1.52. The Hall–Kier alpha value is -1.99. The second kappa shape index (κ2) is 8.14. The number of benzene rings is 1. The molecule has 1 fully saturated rings. The third-order valence-corrected chi connectivity index (χ3v) is 5.81. The first-order valence-electron chi connectivity index (χ1n) is 9.06. The first-order chi connectivity index (χ1) is 12.4. The molecule has 1 aliphatic rings. The number of rotatable bonds is 6. The number of fused-ring (bicyclic) bond motifs is 1. The zero-order valence-corrected chi connectivity index (χ0v) is 16.4. The summed E-state index contributed by atoms with van der Waals surface area (Å²) in [6.07, 6.45) is 0. The Morgan fingerprint density at radius 2 is 1.88 bits per heavy atom. The molecule has 1 aliphatic heterocycles. The standard InChI is InChI=1S/C19H26N4O2S/c1-13(2)18(14(3)24)21-17(25)12-22-8-10-23(11-9-22)19-20-15-6-4-5-7-16(15)26-19/h4-7,13,18H,8-12H2,1-3H3,(H,21,25). The van der Waals surface area contributed by atoms with E-state index in [9.17, 15) is 9.59 Å². The summed E-state index contributed by atoms with van der Waals surface area (Å²) < 4.78 is 1.20. The molecule has 26 heavy (non-hydrogen) atoms. The van der Waals surface area contributed by atoms with Crippen LogP contribution < -0.4 is 10.2 Å². The monoisotopic (exact) mass is 374 g/mol. The van der Waals surface area contributed by atoms with Crippen molar-refractivity contribution in [2.45, 2.75) is 26.8 Å². The Morgan fingerprint density at radius 3 is 2.50 bits per heavy atom. The predicted octanol–water partition coefficient (Wildman–Crippen LogP) is 2.15. The molecule has 1 amide bonds. The molecule has 0 radical (unpaired) electrons. The normalized spacial score (nSPS) is 16.8. The summed E-state index contributed by atoms with van der Waals surface area (Å²) in [4.78, 5) is 33.0. The molecule has 1 aromatic carbocycles. The van der Waals surface area contributed by atoms with Gasteiger partial charge in [-0.3, -0.25) is 14.5 Å². The number of para-hydroxylation sites is 1. The number of hydrogen-bond acceptors (Lipinski definition) is 6. The number of carbonyl (C=O) groups is 2. The number of piperazine rings is 1. The molecule has 1 atom stereocenters. The highest BCUT2D eigenvalue weighted by molar-refractivity contribution is 7.22. The number of Topliss-reactive ketones (excluding diaryl/α,β-unsaturated/α-hetero) is 1. The van der Waals surface area contributed by atoms with Gasteiger partial charge in [0.2, 0.25) is 5.91 Å². The number of hydrogen-bond donors (Lipinski definition) is 1. The topological polar surface area (TPSA) is 65.5 Å². The van der Waals surface area contributed by atoms with Gasteiger partial charge in [0.05, 0.1) is 22.8 Å². The van der Waals surface area contributed by atoms with Crippen molar-refractivity contribution in [2.24, 2.45) is 5.92 Å². The number of amides is 1. The van der Waals surface area contributed by atoms with Crippen molar-refractivity contribution in [2.75, 3.05) is 37.6 Å². The largest absolute Gasteiger partial charge is 0.345 e. The number of ketones is 1. The van der Waals surface area contributed by atoms with Crippen LogP contribution in [0.3, 0.4) is 0 Å². The Kier molecular flexibility index (Phi) is 5.88. The van der Waals surface area contributed by atoms with Crippen molar-refractivity contribution >= 4 is 38.4 Å². The van der Waals surface area contributed by atoms with Crippen LogP contribution in [-0.4, -0.2) is 60.3 Å². The van der Waals surface area contributed by atoms with Crippen LogP contribution in [0.15, 0.2) is 24.3 Å². The Labute approximate surface area is 158 Å². The van der Waals surface area contributed by atoms with Crippen molar-refractivity contribution in [3.05, 3.63) is 24.3 Å². The fourth-order valence-corrected chi connectivity index (χ4v) is 4.27. The molecule has 2 aromatic rings. The minimum absolute atomic E-state index is 0.00834. The van der Waals surface area contributed by atoms with Crippen molar-refractivity contribution in [1.29, 1.82) is 0 Å². The van der Waals surface area contributed by atoms with E-state index in [1.165, 1.54) is 11.6 Å². The highest BCUT2D eigenvalue weighted by Crippen LogP contribution is 2.29. The number of nitrogens with one attached hydrogen (secondary N) is 1. The average Bonchev–Trinajstić information content (AvgIpc) is 3.04. The van der Waals surface area contributed by atoms with Crippen LogP contribution in [-0.2, 0) is 9.59 Å². The average molecular weight is 375 g/mol. The number of thiazole rings is 1. The van der Waals surface area contributed by atoms with Crippen LogP contribution in [0.1, 0.15) is 20.8 Å². The van der Waals surface area contributed by atoms with Gasteiger partial charge < -0.3 is 10.2 Å². The van der Waals surface area contributed by atoms with Crippen LogP contribution >= 0.6 is 11.3 Å². The van der Waals surface area contributed by atoms with E-state index in [1.54, 1.807) is 11.3 Å². The molecule has 1 aromatic heterocycles. The molecule has 140 valence electrons. The van der Waals surface area contributed by atoms with Crippen LogP contribution in [0.25, 0.3) is 10.2 Å². The molecule has 7 heteroatoms. The second-order valence-electron chi connectivity index (χ2n) is 7.13. The predicted molar refractivity (Wildman–Crippen MR) is 106 cm³/mol. The van der Waals surface area contributed by atoms with E-state index in [4.69, 9.17) is 4.98 Å². The van der Waals surface area contributed by atoms with Crippen molar-refractivity contribution in [1.82, 2.24) is 15.2 Å². The molecule has 1 saturated heterocycles. The lowest BCUT2D eigenvalue weighted by Crippen LogP contribution is -2.52. The van der Waals surface area contributed by atoms with Gasteiger partial charge in [-0.2, -0.15) is 0 Å². The molecule has 6 nitrogen and oxygen atoms in total. The minimum Gasteiger partial charge on any atom is -0.345 e.